The molecule has 0 saturated carbocycles. The van der Waals surface area contributed by atoms with Gasteiger partial charge >= 0.3 is 0 Å². The van der Waals surface area contributed by atoms with Crippen molar-refractivity contribution < 1.29 is 4.79 Å². The first-order valence-electron chi connectivity index (χ1n) is 11.3. The first kappa shape index (κ1) is 21.2. The number of rotatable bonds is 10. The molecule has 0 N–H and O–H groups in total. The highest BCUT2D eigenvalue weighted by Crippen LogP contribution is 2.18. The molecule has 31 heavy (non-hydrogen) atoms. The van der Waals surface area contributed by atoms with Crippen molar-refractivity contribution in [3.63, 3.8) is 0 Å². The van der Waals surface area contributed by atoms with Gasteiger partial charge in [-0.1, -0.05) is 80.1 Å². The fraction of sp³-hybridized carbons (Fsp3) is 0.286. The molecule has 3 heteroatoms. The van der Waals surface area contributed by atoms with Gasteiger partial charge in [0, 0.05) is 17.3 Å². The third-order valence-corrected chi connectivity index (χ3v) is 6.01. The van der Waals surface area contributed by atoms with Gasteiger partial charge in [-0.2, -0.15) is 0 Å². The minimum atomic E-state index is -0.0560. The van der Waals surface area contributed by atoms with E-state index in [0.717, 1.165) is 67.0 Å². The van der Waals surface area contributed by atoms with Crippen molar-refractivity contribution in [2.24, 2.45) is 4.99 Å². The lowest BCUT2D eigenvalue weighted by atomic mass is 10.0. The van der Waals surface area contributed by atoms with Crippen LogP contribution in [-0.2, 0) is 11.3 Å². The quantitative estimate of drug-likeness (QED) is 0.452. The van der Waals surface area contributed by atoms with E-state index in [1.54, 1.807) is 0 Å². The van der Waals surface area contributed by atoms with Crippen molar-refractivity contribution >= 4 is 11.5 Å². The number of hydrogen-bond donors (Lipinski definition) is 0. The first-order chi connectivity index (χ1) is 15.2. The Morgan fingerprint density at radius 2 is 1.55 bits per heavy atom. The highest BCUT2D eigenvalue weighted by atomic mass is 16.1. The van der Waals surface area contributed by atoms with E-state index in [-0.39, 0.29) is 5.91 Å². The zero-order valence-electron chi connectivity index (χ0n) is 18.3. The van der Waals surface area contributed by atoms with Crippen LogP contribution in [0.2, 0.25) is 0 Å². The SMILES string of the molecule is CCN(CCCCCC1=c2cc(-c3ccccc3)ccc2=NC1=O)Cc1ccccc1. The Kier molecular flexibility index (Phi) is 7.06. The number of carbonyl (C=O) groups excluding carboxylic acids is 1. The zero-order chi connectivity index (χ0) is 21.5. The smallest absolute Gasteiger partial charge is 0.274 e. The van der Waals surface area contributed by atoms with Crippen LogP contribution in [0, 0.1) is 0 Å². The fourth-order valence-electron chi connectivity index (χ4n) is 4.22. The van der Waals surface area contributed by atoms with Crippen molar-refractivity contribution in [3.05, 3.63) is 95.0 Å². The van der Waals surface area contributed by atoms with Crippen LogP contribution >= 0.6 is 0 Å². The largest absolute Gasteiger partial charge is 0.299 e. The highest BCUT2D eigenvalue weighted by molar-refractivity contribution is 6.15. The molecule has 0 fully saturated rings. The van der Waals surface area contributed by atoms with Gasteiger partial charge in [0.2, 0.25) is 0 Å². The summed E-state index contributed by atoms with van der Waals surface area (Å²) in [5.74, 6) is -0.0560. The molecular formula is C28H30N2O. The Balaban J connectivity index is 1.35. The molecule has 1 amide bonds. The second-order valence-electron chi connectivity index (χ2n) is 8.16. The number of hydrogen-bond acceptors (Lipinski definition) is 2. The first-order valence-corrected chi connectivity index (χ1v) is 11.3. The van der Waals surface area contributed by atoms with Crippen LogP contribution in [-0.4, -0.2) is 23.9 Å². The van der Waals surface area contributed by atoms with E-state index in [2.05, 4.69) is 71.4 Å². The topological polar surface area (TPSA) is 32.7 Å². The van der Waals surface area contributed by atoms with Gasteiger partial charge in [0.05, 0.1) is 5.36 Å². The van der Waals surface area contributed by atoms with Gasteiger partial charge in [-0.05, 0) is 61.2 Å². The molecular weight excluding hydrogens is 380 g/mol. The third-order valence-electron chi connectivity index (χ3n) is 6.01. The van der Waals surface area contributed by atoms with Crippen molar-refractivity contribution in [3.8, 4) is 11.1 Å². The van der Waals surface area contributed by atoms with Crippen molar-refractivity contribution in [1.82, 2.24) is 4.90 Å². The van der Waals surface area contributed by atoms with E-state index < -0.39 is 0 Å². The van der Waals surface area contributed by atoms with Crippen molar-refractivity contribution in [1.29, 1.82) is 0 Å². The van der Waals surface area contributed by atoms with E-state index in [4.69, 9.17) is 0 Å². The predicted molar refractivity (Wildman–Crippen MR) is 127 cm³/mol. The summed E-state index contributed by atoms with van der Waals surface area (Å²) >= 11 is 0. The lowest BCUT2D eigenvalue weighted by Gasteiger charge is -2.20. The summed E-state index contributed by atoms with van der Waals surface area (Å²) in [6.07, 6.45) is 4.10. The molecule has 3 nitrogen and oxygen atoms in total. The second kappa shape index (κ2) is 10.3. The molecule has 3 aromatic rings. The lowest BCUT2D eigenvalue weighted by molar-refractivity contribution is -0.112. The molecule has 0 aromatic heterocycles. The summed E-state index contributed by atoms with van der Waals surface area (Å²) in [5, 5.41) is 1.84. The number of benzene rings is 3. The van der Waals surface area contributed by atoms with Crippen LogP contribution in [0.15, 0.2) is 83.9 Å². The minimum Gasteiger partial charge on any atom is -0.299 e. The highest BCUT2D eigenvalue weighted by Gasteiger charge is 2.16. The molecule has 1 heterocycles. The standard InChI is InChI=1S/C28H30N2O/c1-2-30(21-22-12-6-3-7-13-22)19-11-5-10-16-25-26-20-24(23-14-8-4-9-15-23)17-18-27(26)29-28(25)31/h3-4,6-9,12-15,17-18,20H,2,5,10-11,16,19,21H2,1H3. The molecule has 158 valence electrons. The summed E-state index contributed by atoms with van der Waals surface area (Å²) in [4.78, 5) is 19.2. The van der Waals surface area contributed by atoms with Crippen molar-refractivity contribution in [2.75, 3.05) is 13.1 Å². The summed E-state index contributed by atoms with van der Waals surface area (Å²) < 4.78 is 0. The number of unbranched alkanes of at least 4 members (excludes halogenated alkanes) is 2. The van der Waals surface area contributed by atoms with Gasteiger partial charge in [-0.15, -0.1) is 0 Å². The van der Waals surface area contributed by atoms with Crippen molar-refractivity contribution in [2.45, 2.75) is 39.2 Å². The third kappa shape index (κ3) is 5.36. The van der Waals surface area contributed by atoms with E-state index >= 15 is 0 Å². The van der Waals surface area contributed by atoms with E-state index in [1.165, 1.54) is 11.1 Å². The molecule has 0 radical (unpaired) electrons. The molecule has 0 spiro atoms. The van der Waals surface area contributed by atoms with Crippen LogP contribution in [0.5, 0.6) is 0 Å². The van der Waals surface area contributed by atoms with Gasteiger partial charge in [0.15, 0.2) is 0 Å². The number of nitrogens with zero attached hydrogens (tertiary/aromatic N) is 2. The predicted octanol–water partition coefficient (Wildman–Crippen LogP) is 4.75. The van der Waals surface area contributed by atoms with Crippen LogP contribution < -0.4 is 10.6 Å². The Morgan fingerprint density at radius 1 is 0.806 bits per heavy atom. The number of amides is 1. The summed E-state index contributed by atoms with van der Waals surface area (Å²) in [7, 11) is 0. The Morgan fingerprint density at radius 3 is 2.29 bits per heavy atom. The molecule has 0 unspecified atom stereocenters. The average molecular weight is 411 g/mol. The van der Waals surface area contributed by atoms with Crippen LogP contribution in [0.3, 0.4) is 0 Å². The molecule has 0 bridgehead atoms. The number of carbonyl (C=O) groups is 1. The van der Waals surface area contributed by atoms with Gasteiger partial charge in [0.25, 0.3) is 5.91 Å². The fourth-order valence-corrected chi connectivity index (χ4v) is 4.22. The molecule has 0 atom stereocenters. The maximum Gasteiger partial charge on any atom is 0.274 e. The molecule has 0 aliphatic carbocycles. The Hall–Kier alpha value is -3.04. The zero-order valence-corrected chi connectivity index (χ0v) is 18.3. The summed E-state index contributed by atoms with van der Waals surface area (Å²) in [6.45, 7) is 5.37. The molecule has 0 saturated heterocycles. The minimum absolute atomic E-state index is 0.0560. The van der Waals surface area contributed by atoms with E-state index in [1.807, 2.05) is 24.3 Å². The summed E-state index contributed by atoms with van der Waals surface area (Å²) in [5.41, 5.74) is 4.55. The lowest BCUT2D eigenvalue weighted by Crippen LogP contribution is -2.24. The Bertz CT molecular complexity index is 1140. The number of fused-ring (bicyclic) bond motifs is 1. The Labute approximate surface area is 184 Å². The molecule has 3 aromatic carbocycles. The van der Waals surface area contributed by atoms with E-state index in [0.29, 0.717) is 0 Å². The van der Waals surface area contributed by atoms with Gasteiger partial charge < -0.3 is 0 Å². The van der Waals surface area contributed by atoms with Gasteiger partial charge in [-0.25, -0.2) is 4.99 Å². The van der Waals surface area contributed by atoms with Gasteiger partial charge in [-0.3, -0.25) is 9.69 Å². The van der Waals surface area contributed by atoms with Gasteiger partial charge in [0.1, 0.15) is 0 Å². The summed E-state index contributed by atoms with van der Waals surface area (Å²) in [6, 6.07) is 27.1. The normalized spacial score (nSPS) is 12.8. The molecule has 1 aliphatic heterocycles. The van der Waals surface area contributed by atoms with E-state index in [9.17, 15) is 4.79 Å². The van der Waals surface area contributed by atoms with Crippen LogP contribution in [0.25, 0.3) is 16.7 Å². The molecule has 1 aliphatic rings. The molecule has 4 rings (SSSR count). The maximum atomic E-state index is 12.5. The average Bonchev–Trinajstić information content (AvgIpc) is 3.13. The van der Waals surface area contributed by atoms with Crippen LogP contribution in [0.1, 0.15) is 38.2 Å². The monoisotopic (exact) mass is 410 g/mol. The second-order valence-corrected chi connectivity index (χ2v) is 8.16. The maximum absolute atomic E-state index is 12.5. The van der Waals surface area contributed by atoms with Crippen LogP contribution in [0.4, 0.5) is 0 Å².